The molecule has 0 heterocycles. The summed E-state index contributed by atoms with van der Waals surface area (Å²) in [6.07, 6.45) is 0. The molecule has 3 aromatic carbocycles. The molecule has 7 heteroatoms. The van der Waals surface area contributed by atoms with E-state index in [1.165, 1.54) is 0 Å². The first-order chi connectivity index (χ1) is 15.4. The van der Waals surface area contributed by atoms with E-state index in [0.717, 1.165) is 11.3 Å². The Morgan fingerprint density at radius 3 is 1.62 bits per heavy atom. The van der Waals surface area contributed by atoms with Gasteiger partial charge in [0.25, 0.3) is 0 Å². The number of phenolic OH excluding ortho intramolecular Hbond substituents is 1. The predicted octanol–water partition coefficient (Wildman–Crippen LogP) is 4.84. The Hall–Kier alpha value is -3.74. The number of benzene rings is 3. The van der Waals surface area contributed by atoms with Crippen LogP contribution in [-0.4, -0.2) is 54.8 Å². The van der Waals surface area contributed by atoms with E-state index in [-0.39, 0.29) is 5.75 Å². The van der Waals surface area contributed by atoms with Crippen LogP contribution in [0.15, 0.2) is 42.5 Å². The summed E-state index contributed by atoms with van der Waals surface area (Å²) in [4.78, 5) is 1.98. The van der Waals surface area contributed by atoms with Crippen LogP contribution in [-0.2, 0) is 0 Å². The highest BCUT2D eigenvalue weighted by molar-refractivity contribution is 5.89. The summed E-state index contributed by atoms with van der Waals surface area (Å²) in [6, 6.07) is 12.8. The van der Waals surface area contributed by atoms with Gasteiger partial charge in [0.2, 0.25) is 0 Å². The van der Waals surface area contributed by atoms with Crippen molar-refractivity contribution < 1.29 is 28.8 Å². The van der Waals surface area contributed by atoms with Crippen molar-refractivity contribution in [3.8, 4) is 56.8 Å². The Bertz CT molecular complexity index is 1110. The zero-order valence-electron chi connectivity index (χ0n) is 19.5. The summed E-state index contributed by atoms with van der Waals surface area (Å²) >= 11 is 0. The van der Waals surface area contributed by atoms with E-state index in [2.05, 4.69) is 0 Å². The SMILES string of the molecule is COc1cc(-c2ccc(N(C)C)cc2OC)c(O)c(-c2cc(OC)c(OC)cc2OC)c1. The van der Waals surface area contributed by atoms with Crippen molar-refractivity contribution in [1.29, 1.82) is 0 Å². The Morgan fingerprint density at radius 2 is 1.09 bits per heavy atom. The number of rotatable bonds is 8. The summed E-state index contributed by atoms with van der Waals surface area (Å²) in [7, 11) is 11.8. The molecular weight excluding hydrogens is 410 g/mol. The van der Waals surface area contributed by atoms with Gasteiger partial charge in [-0.05, 0) is 30.3 Å². The van der Waals surface area contributed by atoms with Crippen LogP contribution in [0.2, 0.25) is 0 Å². The predicted molar refractivity (Wildman–Crippen MR) is 126 cm³/mol. The first-order valence-corrected chi connectivity index (χ1v) is 9.95. The number of phenols is 1. The number of methoxy groups -OCH3 is 5. The van der Waals surface area contributed by atoms with Crippen LogP contribution in [0.4, 0.5) is 5.69 Å². The van der Waals surface area contributed by atoms with E-state index >= 15 is 0 Å². The van der Waals surface area contributed by atoms with Crippen LogP contribution in [0, 0.1) is 0 Å². The van der Waals surface area contributed by atoms with E-state index in [0.29, 0.717) is 45.4 Å². The minimum Gasteiger partial charge on any atom is -0.507 e. The number of hydrogen-bond acceptors (Lipinski definition) is 7. The molecule has 0 atom stereocenters. The number of nitrogens with zero attached hydrogens (tertiary/aromatic N) is 1. The maximum Gasteiger partial charge on any atom is 0.164 e. The summed E-state index contributed by atoms with van der Waals surface area (Å²) in [5, 5.41) is 11.4. The van der Waals surface area contributed by atoms with Gasteiger partial charge < -0.3 is 33.7 Å². The lowest BCUT2D eigenvalue weighted by Crippen LogP contribution is -2.08. The molecule has 3 aromatic rings. The number of aromatic hydroxyl groups is 1. The molecule has 0 radical (unpaired) electrons. The lowest BCUT2D eigenvalue weighted by atomic mass is 9.95. The topological polar surface area (TPSA) is 69.6 Å². The maximum absolute atomic E-state index is 11.4. The molecule has 7 nitrogen and oxygen atoms in total. The Labute approximate surface area is 188 Å². The molecule has 0 aromatic heterocycles. The maximum atomic E-state index is 11.4. The van der Waals surface area contributed by atoms with E-state index in [1.54, 1.807) is 59.8 Å². The molecule has 32 heavy (non-hydrogen) atoms. The second-order valence-electron chi connectivity index (χ2n) is 7.26. The monoisotopic (exact) mass is 439 g/mol. The van der Waals surface area contributed by atoms with Gasteiger partial charge in [-0.2, -0.15) is 0 Å². The van der Waals surface area contributed by atoms with Crippen LogP contribution in [0.1, 0.15) is 0 Å². The molecule has 0 aliphatic heterocycles. The van der Waals surface area contributed by atoms with Gasteiger partial charge in [0.1, 0.15) is 23.0 Å². The van der Waals surface area contributed by atoms with Gasteiger partial charge >= 0.3 is 0 Å². The van der Waals surface area contributed by atoms with E-state index in [1.807, 2.05) is 37.2 Å². The third-order valence-electron chi connectivity index (χ3n) is 5.31. The first kappa shape index (κ1) is 22.9. The fraction of sp³-hybridized carbons (Fsp3) is 0.280. The number of anilines is 1. The Morgan fingerprint density at radius 1 is 0.562 bits per heavy atom. The molecule has 0 bridgehead atoms. The lowest BCUT2D eigenvalue weighted by Gasteiger charge is -2.19. The lowest BCUT2D eigenvalue weighted by molar-refractivity contribution is 0.349. The minimum atomic E-state index is 0.0622. The largest absolute Gasteiger partial charge is 0.507 e. The van der Waals surface area contributed by atoms with Gasteiger partial charge in [0.15, 0.2) is 11.5 Å². The molecule has 0 aliphatic carbocycles. The molecule has 0 saturated heterocycles. The Balaban J connectivity index is 2.30. The van der Waals surface area contributed by atoms with Gasteiger partial charge in [0, 0.05) is 54.2 Å². The van der Waals surface area contributed by atoms with Gasteiger partial charge in [-0.25, -0.2) is 0 Å². The van der Waals surface area contributed by atoms with Crippen molar-refractivity contribution in [2.75, 3.05) is 54.5 Å². The molecule has 3 rings (SSSR count). The summed E-state index contributed by atoms with van der Waals surface area (Å²) in [6.45, 7) is 0. The molecule has 0 unspecified atom stereocenters. The molecule has 170 valence electrons. The summed E-state index contributed by atoms with van der Waals surface area (Å²) < 4.78 is 27.6. The van der Waals surface area contributed by atoms with Crippen molar-refractivity contribution in [2.24, 2.45) is 0 Å². The average Bonchev–Trinajstić information content (AvgIpc) is 2.82. The second-order valence-corrected chi connectivity index (χ2v) is 7.26. The van der Waals surface area contributed by atoms with E-state index in [4.69, 9.17) is 23.7 Å². The molecule has 0 amide bonds. The van der Waals surface area contributed by atoms with Crippen molar-refractivity contribution in [3.63, 3.8) is 0 Å². The smallest absolute Gasteiger partial charge is 0.164 e. The van der Waals surface area contributed by atoms with Crippen molar-refractivity contribution in [3.05, 3.63) is 42.5 Å². The zero-order valence-corrected chi connectivity index (χ0v) is 19.5. The molecular formula is C25H29NO6. The molecule has 0 spiro atoms. The Kier molecular flexibility index (Phi) is 6.88. The van der Waals surface area contributed by atoms with Gasteiger partial charge in [-0.15, -0.1) is 0 Å². The van der Waals surface area contributed by atoms with Crippen molar-refractivity contribution in [2.45, 2.75) is 0 Å². The highest BCUT2D eigenvalue weighted by atomic mass is 16.5. The van der Waals surface area contributed by atoms with Crippen molar-refractivity contribution >= 4 is 5.69 Å². The average molecular weight is 440 g/mol. The molecule has 0 fully saturated rings. The molecule has 1 N–H and O–H groups in total. The van der Waals surface area contributed by atoms with Crippen LogP contribution < -0.4 is 28.6 Å². The van der Waals surface area contributed by atoms with Crippen LogP contribution in [0.5, 0.6) is 34.5 Å². The number of hydrogen-bond donors (Lipinski definition) is 1. The second kappa shape index (κ2) is 9.60. The third-order valence-corrected chi connectivity index (χ3v) is 5.31. The van der Waals surface area contributed by atoms with Crippen LogP contribution in [0.25, 0.3) is 22.3 Å². The zero-order chi connectivity index (χ0) is 23.4. The minimum absolute atomic E-state index is 0.0622. The fourth-order valence-corrected chi connectivity index (χ4v) is 3.56. The number of ether oxygens (including phenoxy) is 5. The van der Waals surface area contributed by atoms with Crippen LogP contribution in [0.3, 0.4) is 0 Å². The molecule has 0 aliphatic rings. The fourth-order valence-electron chi connectivity index (χ4n) is 3.56. The third kappa shape index (κ3) is 4.19. The highest BCUT2D eigenvalue weighted by Crippen LogP contribution is 2.49. The first-order valence-electron chi connectivity index (χ1n) is 9.95. The normalized spacial score (nSPS) is 10.5. The highest BCUT2D eigenvalue weighted by Gasteiger charge is 2.21. The summed E-state index contributed by atoms with van der Waals surface area (Å²) in [5.74, 6) is 2.82. The van der Waals surface area contributed by atoms with E-state index < -0.39 is 0 Å². The van der Waals surface area contributed by atoms with Gasteiger partial charge in [-0.3, -0.25) is 0 Å². The van der Waals surface area contributed by atoms with Gasteiger partial charge in [0.05, 0.1) is 35.5 Å². The molecule has 0 saturated carbocycles. The standard InChI is InChI=1S/C25H29NO6/c1-26(2)15-8-9-17(21(10-15)29-4)19-11-16(28-3)12-20(25(19)27)18-13-23(31-6)24(32-7)14-22(18)30-5/h8-14,27H,1-7H3. The van der Waals surface area contributed by atoms with Crippen LogP contribution >= 0.6 is 0 Å². The summed E-state index contributed by atoms with van der Waals surface area (Å²) in [5.41, 5.74) is 3.44. The quantitative estimate of drug-likeness (QED) is 0.539. The van der Waals surface area contributed by atoms with Crippen molar-refractivity contribution in [1.82, 2.24) is 0 Å². The van der Waals surface area contributed by atoms with E-state index in [9.17, 15) is 5.11 Å². The van der Waals surface area contributed by atoms with Gasteiger partial charge in [-0.1, -0.05) is 0 Å².